The lowest BCUT2D eigenvalue weighted by Crippen LogP contribution is -2.50. The van der Waals surface area contributed by atoms with Crippen molar-refractivity contribution in [3.8, 4) is 0 Å². The maximum absolute atomic E-state index is 12.9. The van der Waals surface area contributed by atoms with Crippen LogP contribution < -0.4 is 5.32 Å². The summed E-state index contributed by atoms with van der Waals surface area (Å²) in [6.07, 6.45) is 1.43. The predicted octanol–water partition coefficient (Wildman–Crippen LogP) is 2.92. The van der Waals surface area contributed by atoms with Gasteiger partial charge >= 0.3 is 0 Å². The Morgan fingerprint density at radius 2 is 1.77 bits per heavy atom. The number of rotatable bonds is 5. The highest BCUT2D eigenvalue weighted by atomic mass is 35.5. The number of benzene rings is 1. The lowest BCUT2D eigenvalue weighted by Gasteiger charge is -2.34. The third-order valence-corrected chi connectivity index (χ3v) is 6.04. The van der Waals surface area contributed by atoms with Gasteiger partial charge in [-0.15, -0.1) is 23.7 Å². The second-order valence-corrected chi connectivity index (χ2v) is 7.48. The molecule has 1 aromatic carbocycles. The second-order valence-electron chi connectivity index (χ2n) is 6.43. The smallest absolute Gasteiger partial charge is 0.264 e. The van der Waals surface area contributed by atoms with E-state index in [0.29, 0.717) is 32.6 Å². The Labute approximate surface area is 164 Å². The Balaban J connectivity index is 0.00000243. The molecule has 1 aromatic heterocycles. The number of piperazine rings is 1. The van der Waals surface area contributed by atoms with Crippen LogP contribution in [0.15, 0.2) is 24.3 Å². The molecular weight excluding hydrogens is 370 g/mol. The molecule has 2 heterocycles. The van der Waals surface area contributed by atoms with Gasteiger partial charge in [0.2, 0.25) is 5.91 Å². The topological polar surface area (TPSA) is 52.7 Å². The summed E-state index contributed by atoms with van der Waals surface area (Å²) in [6.45, 7) is 5.37. The number of nitrogens with zero attached hydrogens (tertiary/aromatic N) is 2. The van der Waals surface area contributed by atoms with Crippen LogP contribution >= 0.6 is 23.7 Å². The molecule has 1 saturated heterocycles. The van der Waals surface area contributed by atoms with Crippen LogP contribution in [-0.2, 0) is 4.79 Å². The molecule has 142 valence electrons. The highest BCUT2D eigenvalue weighted by Crippen LogP contribution is 2.31. The summed E-state index contributed by atoms with van der Waals surface area (Å²) < 4.78 is 1.15. The minimum atomic E-state index is 0. The van der Waals surface area contributed by atoms with Gasteiger partial charge in [-0.3, -0.25) is 9.59 Å². The van der Waals surface area contributed by atoms with Crippen molar-refractivity contribution < 1.29 is 9.59 Å². The zero-order valence-electron chi connectivity index (χ0n) is 15.3. The largest absolute Gasteiger partial charge is 0.339 e. The van der Waals surface area contributed by atoms with Crippen LogP contribution in [0.2, 0.25) is 0 Å². The van der Waals surface area contributed by atoms with Crippen LogP contribution in [-0.4, -0.2) is 61.4 Å². The SMILES string of the molecule is CNCCCC(=O)N1CCN(C(=O)c2sc3ccccc3c2C)CC1.Cl. The van der Waals surface area contributed by atoms with E-state index >= 15 is 0 Å². The maximum Gasteiger partial charge on any atom is 0.264 e. The Hall–Kier alpha value is -1.63. The number of amides is 2. The van der Waals surface area contributed by atoms with Crippen LogP contribution in [0, 0.1) is 6.92 Å². The first kappa shape index (κ1) is 20.7. The van der Waals surface area contributed by atoms with Gasteiger partial charge in [0.05, 0.1) is 4.88 Å². The average Bonchev–Trinajstić information content (AvgIpc) is 2.98. The summed E-state index contributed by atoms with van der Waals surface area (Å²) in [5.41, 5.74) is 1.07. The Morgan fingerprint density at radius 3 is 2.42 bits per heavy atom. The highest BCUT2D eigenvalue weighted by Gasteiger charge is 2.26. The summed E-state index contributed by atoms with van der Waals surface area (Å²) in [7, 11) is 1.89. The van der Waals surface area contributed by atoms with Crippen molar-refractivity contribution in [1.82, 2.24) is 15.1 Å². The van der Waals surface area contributed by atoms with Gasteiger partial charge in [-0.25, -0.2) is 0 Å². The Kier molecular flexibility index (Phi) is 7.43. The zero-order valence-corrected chi connectivity index (χ0v) is 16.9. The lowest BCUT2D eigenvalue weighted by atomic mass is 10.1. The van der Waals surface area contributed by atoms with E-state index in [4.69, 9.17) is 0 Å². The van der Waals surface area contributed by atoms with Crippen LogP contribution in [0.1, 0.15) is 28.1 Å². The molecule has 7 heteroatoms. The van der Waals surface area contributed by atoms with Gasteiger partial charge in [-0.2, -0.15) is 0 Å². The van der Waals surface area contributed by atoms with Crippen molar-refractivity contribution >= 4 is 45.6 Å². The van der Waals surface area contributed by atoms with E-state index in [2.05, 4.69) is 17.4 Å². The third-order valence-electron chi connectivity index (χ3n) is 4.77. The number of carbonyl (C=O) groups is 2. The van der Waals surface area contributed by atoms with E-state index in [1.165, 1.54) is 0 Å². The van der Waals surface area contributed by atoms with E-state index < -0.39 is 0 Å². The molecule has 0 atom stereocenters. The van der Waals surface area contributed by atoms with Crippen molar-refractivity contribution in [1.29, 1.82) is 0 Å². The molecule has 2 amide bonds. The van der Waals surface area contributed by atoms with Crippen molar-refractivity contribution in [2.75, 3.05) is 39.8 Å². The quantitative estimate of drug-likeness (QED) is 0.792. The lowest BCUT2D eigenvalue weighted by molar-refractivity contribution is -0.132. The minimum Gasteiger partial charge on any atom is -0.339 e. The van der Waals surface area contributed by atoms with E-state index in [-0.39, 0.29) is 24.2 Å². The van der Waals surface area contributed by atoms with E-state index in [0.717, 1.165) is 33.5 Å². The fraction of sp³-hybridized carbons (Fsp3) is 0.474. The molecule has 0 radical (unpaired) electrons. The molecule has 1 aliphatic heterocycles. The molecule has 3 rings (SSSR count). The van der Waals surface area contributed by atoms with Crippen LogP contribution in [0.5, 0.6) is 0 Å². The van der Waals surface area contributed by atoms with Crippen LogP contribution in [0.4, 0.5) is 0 Å². The molecular formula is C19H26ClN3O2S. The number of carbonyl (C=O) groups excluding carboxylic acids is 2. The maximum atomic E-state index is 12.9. The fourth-order valence-electron chi connectivity index (χ4n) is 3.26. The van der Waals surface area contributed by atoms with Gasteiger partial charge in [0.15, 0.2) is 0 Å². The molecule has 2 aromatic rings. The summed E-state index contributed by atoms with van der Waals surface area (Å²) >= 11 is 1.57. The molecule has 0 saturated carbocycles. The first-order valence-electron chi connectivity index (χ1n) is 8.81. The summed E-state index contributed by atoms with van der Waals surface area (Å²) in [6, 6.07) is 8.14. The average molecular weight is 396 g/mol. The first-order valence-corrected chi connectivity index (χ1v) is 9.63. The predicted molar refractivity (Wildman–Crippen MR) is 109 cm³/mol. The van der Waals surface area contributed by atoms with Crippen molar-refractivity contribution in [3.05, 3.63) is 34.7 Å². The normalized spacial score (nSPS) is 14.4. The molecule has 0 bridgehead atoms. The van der Waals surface area contributed by atoms with Gasteiger partial charge in [-0.05, 0) is 44.0 Å². The fourth-order valence-corrected chi connectivity index (χ4v) is 4.43. The third kappa shape index (κ3) is 4.37. The summed E-state index contributed by atoms with van der Waals surface area (Å²) in [5, 5.41) is 4.22. The van der Waals surface area contributed by atoms with Crippen LogP contribution in [0.25, 0.3) is 10.1 Å². The number of halogens is 1. The van der Waals surface area contributed by atoms with E-state index in [9.17, 15) is 9.59 Å². The van der Waals surface area contributed by atoms with Crippen molar-refractivity contribution in [2.45, 2.75) is 19.8 Å². The van der Waals surface area contributed by atoms with Crippen LogP contribution in [0.3, 0.4) is 0 Å². The monoisotopic (exact) mass is 395 g/mol. The zero-order chi connectivity index (χ0) is 17.8. The number of hydrogen-bond acceptors (Lipinski definition) is 4. The number of nitrogens with one attached hydrogen (secondary N) is 1. The Bertz CT molecular complexity index is 769. The van der Waals surface area contributed by atoms with Crippen molar-refractivity contribution in [3.63, 3.8) is 0 Å². The number of thiophene rings is 1. The number of aryl methyl sites for hydroxylation is 1. The minimum absolute atomic E-state index is 0. The molecule has 26 heavy (non-hydrogen) atoms. The molecule has 0 unspecified atom stereocenters. The standard InChI is InChI=1S/C19H25N3O2S.ClH/c1-14-15-6-3-4-7-16(15)25-18(14)19(24)22-12-10-21(11-13-22)17(23)8-5-9-20-2;/h3-4,6-7,20H,5,8-13H2,1-2H3;1H. The summed E-state index contributed by atoms with van der Waals surface area (Å²) in [5.74, 6) is 0.293. The molecule has 5 nitrogen and oxygen atoms in total. The van der Waals surface area contributed by atoms with Gasteiger partial charge in [0, 0.05) is 37.3 Å². The first-order chi connectivity index (χ1) is 12.1. The molecule has 1 aliphatic rings. The highest BCUT2D eigenvalue weighted by molar-refractivity contribution is 7.21. The molecule has 0 aliphatic carbocycles. The van der Waals surface area contributed by atoms with E-state index in [1.54, 1.807) is 11.3 Å². The molecule has 1 N–H and O–H groups in total. The van der Waals surface area contributed by atoms with E-state index in [1.807, 2.05) is 35.9 Å². The Morgan fingerprint density at radius 1 is 1.12 bits per heavy atom. The number of hydrogen-bond donors (Lipinski definition) is 1. The summed E-state index contributed by atoms with van der Waals surface area (Å²) in [4.78, 5) is 29.7. The van der Waals surface area contributed by atoms with Gasteiger partial charge < -0.3 is 15.1 Å². The molecule has 1 fully saturated rings. The van der Waals surface area contributed by atoms with Crippen molar-refractivity contribution in [2.24, 2.45) is 0 Å². The van der Waals surface area contributed by atoms with Gasteiger partial charge in [0.1, 0.15) is 0 Å². The van der Waals surface area contributed by atoms with Gasteiger partial charge in [0.25, 0.3) is 5.91 Å². The molecule has 0 spiro atoms. The number of fused-ring (bicyclic) bond motifs is 1. The van der Waals surface area contributed by atoms with Gasteiger partial charge in [-0.1, -0.05) is 18.2 Å². The second kappa shape index (κ2) is 9.35.